The molecule has 1 amide bonds. The van der Waals surface area contributed by atoms with E-state index in [0.717, 1.165) is 0 Å². The zero-order chi connectivity index (χ0) is 8.97. The van der Waals surface area contributed by atoms with Crippen LogP contribution in [0, 0.1) is 5.41 Å². The molecule has 1 heterocycles. The molecule has 5 nitrogen and oxygen atoms in total. The van der Waals surface area contributed by atoms with Crippen molar-refractivity contribution in [1.29, 1.82) is 5.41 Å². The second-order valence-electron chi connectivity index (χ2n) is 2.33. The zero-order valence-corrected chi connectivity index (χ0v) is 7.23. The van der Waals surface area contributed by atoms with Crippen LogP contribution in [0.15, 0.2) is 4.99 Å². The number of aliphatic imine (C=N–C) groups is 1. The molecule has 0 aromatic rings. The molecular formula is C6H10N4OS. The van der Waals surface area contributed by atoms with Crippen LogP contribution in [0.5, 0.6) is 0 Å². The highest BCUT2D eigenvalue weighted by molar-refractivity contribution is 8.16. The number of nitrogens with zero attached hydrogens (tertiary/aromatic N) is 1. The van der Waals surface area contributed by atoms with Crippen molar-refractivity contribution in [2.75, 3.05) is 13.1 Å². The summed E-state index contributed by atoms with van der Waals surface area (Å²) in [5.41, 5.74) is 5.23. The van der Waals surface area contributed by atoms with Crippen LogP contribution < -0.4 is 11.1 Å². The first-order valence-corrected chi connectivity index (χ1v) is 4.34. The van der Waals surface area contributed by atoms with Gasteiger partial charge in [-0.05, 0) is 0 Å². The number of nitrogens with two attached hydrogens (primary N) is 1. The van der Waals surface area contributed by atoms with Gasteiger partial charge in [-0.25, -0.2) is 0 Å². The molecule has 1 rings (SSSR count). The lowest BCUT2D eigenvalue weighted by Gasteiger charge is -2.05. The molecule has 0 saturated carbocycles. The van der Waals surface area contributed by atoms with Gasteiger partial charge < -0.3 is 11.1 Å². The largest absolute Gasteiger partial charge is 0.382 e. The lowest BCUT2D eigenvalue weighted by atomic mass is 10.4. The summed E-state index contributed by atoms with van der Waals surface area (Å²) in [7, 11) is 0. The van der Waals surface area contributed by atoms with Gasteiger partial charge in [0.2, 0.25) is 6.41 Å². The van der Waals surface area contributed by atoms with Gasteiger partial charge in [0, 0.05) is 11.8 Å². The fourth-order valence-corrected chi connectivity index (χ4v) is 1.77. The monoisotopic (exact) mass is 186 g/mol. The van der Waals surface area contributed by atoms with Crippen molar-refractivity contribution in [1.82, 2.24) is 5.32 Å². The van der Waals surface area contributed by atoms with Crippen LogP contribution in [-0.4, -0.2) is 35.6 Å². The fraction of sp³-hybridized carbons (Fsp3) is 0.500. The van der Waals surface area contributed by atoms with Gasteiger partial charge in [-0.2, -0.15) is 0 Å². The Balaban J connectivity index is 2.31. The highest BCUT2D eigenvalue weighted by Crippen LogP contribution is 2.19. The third-order valence-electron chi connectivity index (χ3n) is 1.38. The quantitative estimate of drug-likeness (QED) is 0.304. The zero-order valence-electron chi connectivity index (χ0n) is 6.41. The SMILES string of the molecule is N=C(N)C1=NCC(CNC=O)S1. The maximum atomic E-state index is 9.95. The number of amidine groups is 1. The third-order valence-corrected chi connectivity index (χ3v) is 2.60. The Morgan fingerprint density at radius 3 is 3.25 bits per heavy atom. The van der Waals surface area contributed by atoms with E-state index in [0.29, 0.717) is 24.5 Å². The molecular weight excluding hydrogens is 176 g/mol. The molecule has 1 aliphatic rings. The Bertz CT molecular complexity index is 228. The van der Waals surface area contributed by atoms with E-state index in [4.69, 9.17) is 11.1 Å². The summed E-state index contributed by atoms with van der Waals surface area (Å²) in [5, 5.41) is 10.5. The number of amides is 1. The van der Waals surface area contributed by atoms with E-state index in [1.165, 1.54) is 11.8 Å². The minimum absolute atomic E-state index is 0.00797. The van der Waals surface area contributed by atoms with Gasteiger partial charge >= 0.3 is 0 Å². The molecule has 0 bridgehead atoms. The van der Waals surface area contributed by atoms with Crippen molar-refractivity contribution in [3.8, 4) is 0 Å². The van der Waals surface area contributed by atoms with Crippen molar-refractivity contribution in [3.05, 3.63) is 0 Å². The predicted octanol–water partition coefficient (Wildman–Crippen LogP) is -0.818. The molecule has 0 fully saturated rings. The number of thioether (sulfide) groups is 1. The van der Waals surface area contributed by atoms with Gasteiger partial charge in [0.15, 0.2) is 0 Å². The van der Waals surface area contributed by atoms with Crippen LogP contribution in [0.4, 0.5) is 0 Å². The van der Waals surface area contributed by atoms with E-state index in [-0.39, 0.29) is 11.1 Å². The minimum atomic E-state index is 0.00797. The van der Waals surface area contributed by atoms with Crippen LogP contribution in [0.25, 0.3) is 0 Å². The first-order valence-electron chi connectivity index (χ1n) is 3.46. The second kappa shape index (κ2) is 4.10. The smallest absolute Gasteiger partial charge is 0.207 e. The summed E-state index contributed by atoms with van der Waals surface area (Å²) in [4.78, 5) is 14.0. The van der Waals surface area contributed by atoms with Gasteiger partial charge in [0.1, 0.15) is 10.9 Å². The number of nitrogens with one attached hydrogen (secondary N) is 2. The third kappa shape index (κ3) is 2.23. The maximum Gasteiger partial charge on any atom is 0.207 e. The van der Waals surface area contributed by atoms with E-state index in [1.807, 2.05) is 0 Å². The Morgan fingerprint density at radius 1 is 2.00 bits per heavy atom. The summed E-state index contributed by atoms with van der Waals surface area (Å²) in [6.07, 6.45) is 0.659. The van der Waals surface area contributed by atoms with E-state index < -0.39 is 0 Å². The molecule has 4 N–H and O–H groups in total. The van der Waals surface area contributed by atoms with Crippen molar-refractivity contribution in [2.24, 2.45) is 10.7 Å². The Kier molecular flexibility index (Phi) is 3.09. The van der Waals surface area contributed by atoms with Gasteiger partial charge in [-0.15, -0.1) is 0 Å². The van der Waals surface area contributed by atoms with Crippen LogP contribution in [0.3, 0.4) is 0 Å². The number of hydrogen-bond acceptors (Lipinski definition) is 4. The van der Waals surface area contributed by atoms with E-state index in [9.17, 15) is 4.79 Å². The molecule has 0 aromatic heterocycles. The van der Waals surface area contributed by atoms with Crippen molar-refractivity contribution in [2.45, 2.75) is 5.25 Å². The van der Waals surface area contributed by atoms with Gasteiger partial charge in [-0.1, -0.05) is 11.8 Å². The molecule has 66 valence electrons. The van der Waals surface area contributed by atoms with Crippen molar-refractivity contribution in [3.63, 3.8) is 0 Å². The summed E-state index contributed by atoms with van der Waals surface area (Å²) in [6, 6.07) is 0. The highest BCUT2D eigenvalue weighted by atomic mass is 32.2. The summed E-state index contributed by atoms with van der Waals surface area (Å²) < 4.78 is 0. The van der Waals surface area contributed by atoms with Gasteiger partial charge in [-0.3, -0.25) is 15.2 Å². The average Bonchev–Trinajstić information content (AvgIpc) is 2.48. The lowest BCUT2D eigenvalue weighted by molar-refractivity contribution is -0.109. The predicted molar refractivity (Wildman–Crippen MR) is 49.7 cm³/mol. The van der Waals surface area contributed by atoms with Crippen LogP contribution in [-0.2, 0) is 4.79 Å². The number of rotatable bonds is 4. The molecule has 0 saturated heterocycles. The van der Waals surface area contributed by atoms with Crippen LogP contribution >= 0.6 is 11.8 Å². The van der Waals surface area contributed by atoms with E-state index in [2.05, 4.69) is 10.3 Å². The Hall–Kier alpha value is -1.04. The maximum absolute atomic E-state index is 9.95. The molecule has 1 unspecified atom stereocenters. The summed E-state index contributed by atoms with van der Waals surface area (Å²) in [6.45, 7) is 1.20. The van der Waals surface area contributed by atoms with Crippen LogP contribution in [0.2, 0.25) is 0 Å². The first kappa shape index (κ1) is 9.05. The minimum Gasteiger partial charge on any atom is -0.382 e. The first-order chi connectivity index (χ1) is 5.74. The van der Waals surface area contributed by atoms with E-state index in [1.54, 1.807) is 0 Å². The number of hydrogen-bond donors (Lipinski definition) is 3. The molecule has 0 spiro atoms. The van der Waals surface area contributed by atoms with Crippen LogP contribution in [0.1, 0.15) is 0 Å². The average molecular weight is 186 g/mol. The number of carbonyl (C=O) groups excluding carboxylic acids is 1. The Morgan fingerprint density at radius 2 is 2.75 bits per heavy atom. The molecule has 0 radical (unpaired) electrons. The lowest BCUT2D eigenvalue weighted by Crippen LogP contribution is -2.25. The molecule has 0 aliphatic carbocycles. The molecule has 1 atom stereocenters. The Labute approximate surface area is 74.3 Å². The normalized spacial score (nSPS) is 21.7. The summed E-state index contributed by atoms with van der Waals surface area (Å²) in [5.74, 6) is 0.00797. The van der Waals surface area contributed by atoms with E-state index >= 15 is 0 Å². The van der Waals surface area contributed by atoms with Gasteiger partial charge in [0.25, 0.3) is 0 Å². The molecule has 6 heteroatoms. The molecule has 1 aliphatic heterocycles. The summed E-state index contributed by atoms with van der Waals surface area (Å²) >= 11 is 1.44. The standard InChI is InChI=1S/C6H10N4OS/c7-5(8)6-10-2-4(12-6)1-9-3-11/h3-4H,1-2H2,(H3,7,8)(H,9,11). The molecule has 0 aromatic carbocycles. The highest BCUT2D eigenvalue weighted by Gasteiger charge is 2.20. The topological polar surface area (TPSA) is 91.3 Å². The van der Waals surface area contributed by atoms with Gasteiger partial charge in [0.05, 0.1) is 6.54 Å². The number of carbonyl (C=O) groups is 1. The van der Waals surface area contributed by atoms with Crippen molar-refractivity contribution < 1.29 is 4.79 Å². The molecule has 12 heavy (non-hydrogen) atoms. The van der Waals surface area contributed by atoms with Crippen molar-refractivity contribution >= 4 is 29.1 Å². The fourth-order valence-electron chi connectivity index (χ4n) is 0.852. The second-order valence-corrected chi connectivity index (χ2v) is 3.61.